The molecule has 0 unspecified atom stereocenters. The highest BCUT2D eigenvalue weighted by molar-refractivity contribution is 6.37. The molecule has 0 atom stereocenters. The number of ether oxygens (including phenoxy) is 3. The summed E-state index contributed by atoms with van der Waals surface area (Å²) in [5.74, 6) is -0.781. The lowest BCUT2D eigenvalue weighted by molar-refractivity contribution is -0.119. The lowest BCUT2D eigenvalue weighted by Gasteiger charge is -2.25. The average molecular weight is 587 g/mol. The van der Waals surface area contributed by atoms with Gasteiger partial charge in [-0.2, -0.15) is 0 Å². The summed E-state index contributed by atoms with van der Waals surface area (Å²) in [4.78, 5) is 42.2. The molecule has 4 rings (SSSR count). The van der Waals surface area contributed by atoms with Gasteiger partial charge in [-0.25, -0.2) is 4.79 Å². The largest absolute Gasteiger partial charge is 0.462 e. The Kier molecular flexibility index (Phi) is 11.0. The molecule has 0 spiro atoms. The predicted octanol–water partition coefficient (Wildman–Crippen LogP) is 4.35. The van der Waals surface area contributed by atoms with Gasteiger partial charge >= 0.3 is 5.97 Å². The Morgan fingerprint density at radius 1 is 0.884 bits per heavy atom. The molecule has 2 N–H and O–H groups in total. The molecule has 0 saturated heterocycles. The number of amides is 2. The van der Waals surface area contributed by atoms with Crippen molar-refractivity contribution in [3.8, 4) is 0 Å². The number of fused-ring (bicyclic) bond motifs is 1. The lowest BCUT2D eigenvalue weighted by atomic mass is 9.99. The summed E-state index contributed by atoms with van der Waals surface area (Å²) in [6.07, 6.45) is 0. The number of likely N-dealkylation sites (N-methyl/N-ethyl adjacent to an activating group) is 1. The molecule has 1 heterocycles. The first kappa shape index (κ1) is 31.4. The van der Waals surface area contributed by atoms with Crippen molar-refractivity contribution in [3.05, 3.63) is 89.5 Å². The van der Waals surface area contributed by atoms with E-state index in [1.165, 1.54) is 0 Å². The molecule has 10 heteroatoms. The molecule has 0 fully saturated rings. The third-order valence-electron chi connectivity index (χ3n) is 7.07. The van der Waals surface area contributed by atoms with E-state index in [9.17, 15) is 14.4 Å². The number of esters is 1. The van der Waals surface area contributed by atoms with Crippen LogP contribution in [0.15, 0.2) is 72.8 Å². The maximum absolute atomic E-state index is 13.3. The zero-order chi connectivity index (χ0) is 30.8. The van der Waals surface area contributed by atoms with Crippen LogP contribution in [0.4, 0.5) is 17.1 Å². The fourth-order valence-corrected chi connectivity index (χ4v) is 4.71. The molecule has 1 aliphatic rings. The van der Waals surface area contributed by atoms with Gasteiger partial charge in [-0.1, -0.05) is 36.4 Å². The Hall–Kier alpha value is -4.51. The van der Waals surface area contributed by atoms with Gasteiger partial charge in [-0.05, 0) is 48.9 Å². The summed E-state index contributed by atoms with van der Waals surface area (Å²) < 4.78 is 15.5. The van der Waals surface area contributed by atoms with E-state index in [4.69, 9.17) is 14.2 Å². The van der Waals surface area contributed by atoms with Crippen LogP contribution in [0.2, 0.25) is 0 Å². The van der Waals surface area contributed by atoms with E-state index in [0.29, 0.717) is 54.4 Å². The fourth-order valence-electron chi connectivity index (χ4n) is 4.71. The third-order valence-corrected chi connectivity index (χ3v) is 7.07. The van der Waals surface area contributed by atoms with Gasteiger partial charge in [-0.3, -0.25) is 14.5 Å². The van der Waals surface area contributed by atoms with Crippen LogP contribution >= 0.6 is 0 Å². The van der Waals surface area contributed by atoms with Crippen molar-refractivity contribution in [1.82, 2.24) is 4.90 Å². The van der Waals surface area contributed by atoms with Crippen molar-refractivity contribution in [2.45, 2.75) is 6.92 Å². The maximum Gasteiger partial charge on any atom is 0.338 e. The summed E-state index contributed by atoms with van der Waals surface area (Å²) >= 11 is 0. The van der Waals surface area contributed by atoms with E-state index in [0.717, 1.165) is 16.9 Å². The van der Waals surface area contributed by atoms with Gasteiger partial charge in [0.15, 0.2) is 0 Å². The smallest absolute Gasteiger partial charge is 0.338 e. The Morgan fingerprint density at radius 3 is 2.19 bits per heavy atom. The molecule has 0 aromatic heterocycles. The number of hydrogen-bond donors (Lipinski definition) is 2. The zero-order valence-corrected chi connectivity index (χ0v) is 25.0. The Balaban J connectivity index is 1.58. The number of methoxy groups -OCH3 is 2. The molecule has 1 aliphatic heterocycles. The van der Waals surface area contributed by atoms with Crippen molar-refractivity contribution in [2.75, 3.05) is 76.3 Å². The number of hydrogen-bond acceptors (Lipinski definition) is 8. The molecular formula is C33H38N4O6. The van der Waals surface area contributed by atoms with Gasteiger partial charge in [0.1, 0.15) is 0 Å². The molecule has 0 radical (unpaired) electrons. The van der Waals surface area contributed by atoms with E-state index >= 15 is 0 Å². The SMILES string of the molecule is CCOC(=O)c1ccc2c(c1)NC(=O)/C2=C(\Nc1ccc(N(C)C(=O)CN(CCOC)CCOC)cc1)c1ccccc1. The van der Waals surface area contributed by atoms with Crippen molar-refractivity contribution in [2.24, 2.45) is 0 Å². The van der Waals surface area contributed by atoms with E-state index in [1.54, 1.807) is 51.3 Å². The van der Waals surface area contributed by atoms with Crippen LogP contribution in [0.3, 0.4) is 0 Å². The normalized spacial score (nSPS) is 13.4. The summed E-state index contributed by atoms with van der Waals surface area (Å²) in [7, 11) is 5.02. The molecule has 2 amide bonds. The van der Waals surface area contributed by atoms with Gasteiger partial charge in [0.2, 0.25) is 5.91 Å². The van der Waals surface area contributed by atoms with Gasteiger partial charge in [0.25, 0.3) is 5.91 Å². The average Bonchev–Trinajstić information content (AvgIpc) is 3.36. The Morgan fingerprint density at radius 2 is 1.56 bits per heavy atom. The minimum absolute atomic E-state index is 0.0542. The van der Waals surface area contributed by atoms with Crippen LogP contribution < -0.4 is 15.5 Å². The van der Waals surface area contributed by atoms with Crippen molar-refractivity contribution < 1.29 is 28.6 Å². The third kappa shape index (κ3) is 7.86. The van der Waals surface area contributed by atoms with Crippen molar-refractivity contribution in [3.63, 3.8) is 0 Å². The lowest BCUT2D eigenvalue weighted by Crippen LogP contribution is -2.41. The van der Waals surface area contributed by atoms with Gasteiger partial charge < -0.3 is 29.7 Å². The van der Waals surface area contributed by atoms with Crippen LogP contribution in [-0.4, -0.2) is 83.4 Å². The molecule has 3 aromatic rings. The number of carbonyl (C=O) groups excluding carboxylic acids is 3. The zero-order valence-electron chi connectivity index (χ0n) is 25.0. The predicted molar refractivity (Wildman–Crippen MR) is 168 cm³/mol. The topological polar surface area (TPSA) is 109 Å². The highest BCUT2D eigenvalue weighted by Gasteiger charge is 2.29. The second-order valence-corrected chi connectivity index (χ2v) is 9.94. The number of benzene rings is 3. The Labute approximate surface area is 252 Å². The molecule has 0 saturated carbocycles. The highest BCUT2D eigenvalue weighted by atomic mass is 16.5. The van der Waals surface area contributed by atoms with Crippen LogP contribution in [0.1, 0.15) is 28.4 Å². The molecule has 0 bridgehead atoms. The van der Waals surface area contributed by atoms with E-state index in [-0.39, 0.29) is 25.0 Å². The van der Waals surface area contributed by atoms with Crippen molar-refractivity contribution in [1.29, 1.82) is 0 Å². The molecular weight excluding hydrogens is 548 g/mol. The quantitative estimate of drug-likeness (QED) is 0.212. The summed E-state index contributed by atoms with van der Waals surface area (Å²) in [6, 6.07) is 22.1. The van der Waals surface area contributed by atoms with E-state index in [1.807, 2.05) is 59.5 Å². The standard InChI is InChI=1S/C33H38N4O6/c1-5-43-33(40)24-11-16-27-28(21-24)35-32(39)30(27)31(23-9-7-6-8-10-23)34-25-12-14-26(15-13-25)36(2)29(38)22-37(17-19-41-3)18-20-42-4/h6-16,21,34H,5,17-20,22H2,1-4H3,(H,35,39)/b31-30-. The molecule has 10 nitrogen and oxygen atoms in total. The molecule has 43 heavy (non-hydrogen) atoms. The minimum atomic E-state index is -0.445. The first-order valence-electron chi connectivity index (χ1n) is 14.1. The second-order valence-electron chi connectivity index (χ2n) is 9.94. The van der Waals surface area contributed by atoms with Gasteiger partial charge in [0.05, 0.1) is 48.9 Å². The van der Waals surface area contributed by atoms with Gasteiger partial charge in [-0.15, -0.1) is 0 Å². The maximum atomic E-state index is 13.3. The monoisotopic (exact) mass is 586 g/mol. The summed E-state index contributed by atoms with van der Waals surface area (Å²) in [5, 5.41) is 6.32. The van der Waals surface area contributed by atoms with Crippen LogP contribution in [0.5, 0.6) is 0 Å². The van der Waals surface area contributed by atoms with Crippen LogP contribution in [0.25, 0.3) is 11.3 Å². The number of rotatable bonds is 14. The second kappa shape index (κ2) is 15.1. The minimum Gasteiger partial charge on any atom is -0.462 e. The summed E-state index contributed by atoms with van der Waals surface area (Å²) in [5.41, 5.74) is 4.95. The van der Waals surface area contributed by atoms with E-state index in [2.05, 4.69) is 10.6 Å². The van der Waals surface area contributed by atoms with Crippen LogP contribution in [0, 0.1) is 0 Å². The number of nitrogens with one attached hydrogen (secondary N) is 2. The number of carbonyl (C=O) groups is 3. The highest BCUT2D eigenvalue weighted by Crippen LogP contribution is 2.38. The van der Waals surface area contributed by atoms with Crippen molar-refractivity contribution >= 4 is 46.1 Å². The van der Waals surface area contributed by atoms with Gasteiger partial charge in [0, 0.05) is 51.3 Å². The van der Waals surface area contributed by atoms with Crippen LogP contribution in [-0.2, 0) is 23.8 Å². The number of anilines is 3. The molecule has 3 aromatic carbocycles. The summed E-state index contributed by atoms with van der Waals surface area (Å²) in [6.45, 7) is 4.54. The molecule has 0 aliphatic carbocycles. The van der Waals surface area contributed by atoms with E-state index < -0.39 is 5.97 Å². The first-order valence-corrected chi connectivity index (χ1v) is 14.1. The fraction of sp³-hybridized carbons (Fsp3) is 0.303. The Bertz CT molecular complexity index is 1450. The molecule has 226 valence electrons. The first-order chi connectivity index (χ1) is 20.9. The number of nitrogens with zero attached hydrogens (tertiary/aromatic N) is 2.